The van der Waals surface area contributed by atoms with Gasteiger partial charge in [0.2, 0.25) is 0 Å². The van der Waals surface area contributed by atoms with Crippen molar-refractivity contribution in [1.29, 1.82) is 0 Å². The summed E-state index contributed by atoms with van der Waals surface area (Å²) in [6.45, 7) is 9.93. The number of aromatic nitrogens is 1. The number of hydrazine groups is 1. The quantitative estimate of drug-likeness (QED) is 0.204. The molecule has 3 aliphatic rings. The zero-order valence-corrected chi connectivity index (χ0v) is 22.2. The Morgan fingerprint density at radius 2 is 1.95 bits per heavy atom. The van der Waals surface area contributed by atoms with E-state index in [1.54, 1.807) is 6.20 Å². The highest BCUT2D eigenvalue weighted by Crippen LogP contribution is 2.27. The number of aryl methyl sites for hydroxylation is 1. The number of rotatable bonds is 5. The molecule has 1 aromatic carbocycles. The summed E-state index contributed by atoms with van der Waals surface area (Å²) in [5.74, 6) is 7.20. The molecule has 0 spiro atoms. The monoisotopic (exact) mass is 520 g/mol. The molecule has 2 fully saturated rings. The van der Waals surface area contributed by atoms with E-state index in [4.69, 9.17) is 21.6 Å². The number of hydrogen-bond donors (Lipinski definition) is 4. The van der Waals surface area contributed by atoms with Crippen LogP contribution in [-0.2, 0) is 0 Å². The Labute approximate surface area is 223 Å². The van der Waals surface area contributed by atoms with Crippen molar-refractivity contribution < 1.29 is 4.39 Å². The molecule has 10 nitrogen and oxygen atoms in total. The number of piperazine rings is 1. The lowest BCUT2D eigenvalue weighted by Crippen LogP contribution is -2.56. The van der Waals surface area contributed by atoms with Gasteiger partial charge in [0, 0.05) is 61.8 Å². The van der Waals surface area contributed by atoms with E-state index in [2.05, 4.69) is 50.6 Å². The summed E-state index contributed by atoms with van der Waals surface area (Å²) in [4.78, 5) is 17.0. The van der Waals surface area contributed by atoms with Crippen molar-refractivity contribution in [2.45, 2.75) is 52.0 Å². The number of nitrogens with one attached hydrogen (secondary N) is 2. The fourth-order valence-corrected chi connectivity index (χ4v) is 5.60. The standard InChI is InChI=1S/C27H37FN10/c1-17-13-21(25(29)34-35-30)15-31-26(17)36-11-12-37(19(3)16-36)24-14-23(20-6-8-22(28)9-7-20)32-27(33-24)38-10-4-5-18(38)2/h6-9,13-15,18-19,27,32,35H,4-5,10-12,16,30H2,1-3H3,(H2,29,34)/t18-,19-,27?/m1/s1. The zero-order valence-electron chi connectivity index (χ0n) is 22.2. The summed E-state index contributed by atoms with van der Waals surface area (Å²) in [6, 6.07) is 9.29. The molecule has 0 amide bonds. The Morgan fingerprint density at radius 1 is 1.16 bits per heavy atom. The number of hydrogen-bond acceptors (Lipinski definition) is 9. The lowest BCUT2D eigenvalue weighted by molar-refractivity contribution is 0.176. The van der Waals surface area contributed by atoms with Crippen LogP contribution in [0.15, 0.2) is 52.7 Å². The first-order valence-electron chi connectivity index (χ1n) is 13.2. The van der Waals surface area contributed by atoms with Crippen LogP contribution < -0.4 is 27.3 Å². The molecule has 3 atom stereocenters. The SMILES string of the molecule is Cc1cc(/C(N)=N/NN)cnc1N1CCN(C2=NC(N3CCC[C@H]3C)NC(c3ccc(F)cc3)=C2)[C@H](C)C1. The molecule has 11 heteroatoms. The number of nitrogens with two attached hydrogens (primary N) is 2. The van der Waals surface area contributed by atoms with Gasteiger partial charge >= 0.3 is 0 Å². The molecule has 2 aromatic rings. The minimum Gasteiger partial charge on any atom is -0.382 e. The van der Waals surface area contributed by atoms with E-state index in [-0.39, 0.29) is 18.1 Å². The van der Waals surface area contributed by atoms with Crippen LogP contribution in [0, 0.1) is 12.7 Å². The van der Waals surface area contributed by atoms with Crippen LogP contribution in [0.5, 0.6) is 0 Å². The highest BCUT2D eigenvalue weighted by molar-refractivity contribution is 6.00. The summed E-state index contributed by atoms with van der Waals surface area (Å²) in [5, 5.41) is 7.45. The predicted molar refractivity (Wildman–Crippen MR) is 150 cm³/mol. The number of aliphatic imine (C=N–C) groups is 1. The second-order valence-electron chi connectivity index (χ2n) is 10.3. The molecular formula is C27H37FN10. The van der Waals surface area contributed by atoms with Crippen molar-refractivity contribution in [3.63, 3.8) is 0 Å². The van der Waals surface area contributed by atoms with Crippen LogP contribution >= 0.6 is 0 Å². The molecule has 0 saturated carbocycles. The fraction of sp³-hybridized carbons (Fsp3) is 0.444. The molecule has 1 aromatic heterocycles. The van der Waals surface area contributed by atoms with Gasteiger partial charge in [-0.15, -0.1) is 5.10 Å². The third-order valence-corrected chi connectivity index (χ3v) is 7.64. The van der Waals surface area contributed by atoms with Gasteiger partial charge in [0.05, 0.1) is 0 Å². The van der Waals surface area contributed by atoms with Crippen molar-refractivity contribution in [3.05, 3.63) is 65.1 Å². The van der Waals surface area contributed by atoms with Gasteiger partial charge in [-0.05, 0) is 75.1 Å². The number of nitrogens with zero attached hydrogens (tertiary/aromatic N) is 6. The van der Waals surface area contributed by atoms with Gasteiger partial charge in [0.1, 0.15) is 17.5 Å². The Kier molecular flexibility index (Phi) is 7.48. The van der Waals surface area contributed by atoms with Crippen molar-refractivity contribution in [1.82, 2.24) is 25.6 Å². The Morgan fingerprint density at radius 3 is 2.61 bits per heavy atom. The molecular weight excluding hydrogens is 483 g/mol. The topological polar surface area (TPSA) is 123 Å². The average Bonchev–Trinajstić information content (AvgIpc) is 3.34. The van der Waals surface area contributed by atoms with Gasteiger partial charge < -0.3 is 20.9 Å². The maximum Gasteiger partial charge on any atom is 0.178 e. The fourth-order valence-electron chi connectivity index (χ4n) is 5.60. The van der Waals surface area contributed by atoms with E-state index in [1.807, 2.05) is 25.1 Å². The maximum absolute atomic E-state index is 13.6. The van der Waals surface area contributed by atoms with Gasteiger partial charge in [-0.1, -0.05) is 0 Å². The molecule has 202 valence electrons. The van der Waals surface area contributed by atoms with E-state index in [9.17, 15) is 4.39 Å². The summed E-state index contributed by atoms with van der Waals surface area (Å²) in [5.41, 5.74) is 11.8. The second-order valence-corrected chi connectivity index (χ2v) is 10.3. The van der Waals surface area contributed by atoms with Gasteiger partial charge in [-0.3, -0.25) is 4.90 Å². The van der Waals surface area contributed by atoms with Crippen LogP contribution in [0.25, 0.3) is 5.70 Å². The molecule has 0 radical (unpaired) electrons. The molecule has 0 aliphatic carbocycles. The van der Waals surface area contributed by atoms with Gasteiger partial charge in [0.15, 0.2) is 12.1 Å². The summed E-state index contributed by atoms with van der Waals surface area (Å²) < 4.78 is 13.6. The molecule has 4 heterocycles. The largest absolute Gasteiger partial charge is 0.382 e. The smallest absolute Gasteiger partial charge is 0.178 e. The van der Waals surface area contributed by atoms with Crippen LogP contribution in [0.1, 0.15) is 43.4 Å². The zero-order chi connectivity index (χ0) is 26.8. The van der Waals surface area contributed by atoms with Crippen LogP contribution in [-0.4, -0.2) is 71.0 Å². The van der Waals surface area contributed by atoms with Crippen molar-refractivity contribution >= 4 is 23.2 Å². The first-order chi connectivity index (χ1) is 18.3. The number of benzene rings is 1. The number of amidine groups is 2. The molecule has 6 N–H and O–H groups in total. The molecule has 2 saturated heterocycles. The molecule has 0 bridgehead atoms. The summed E-state index contributed by atoms with van der Waals surface area (Å²) in [7, 11) is 0. The Bertz CT molecular complexity index is 1240. The van der Waals surface area contributed by atoms with Crippen LogP contribution in [0.3, 0.4) is 0 Å². The molecule has 5 rings (SSSR count). The number of halogens is 1. The van der Waals surface area contributed by atoms with Gasteiger partial charge in [-0.25, -0.2) is 25.7 Å². The normalized spacial score (nSPS) is 24.7. The van der Waals surface area contributed by atoms with Crippen LogP contribution in [0.4, 0.5) is 10.2 Å². The second kappa shape index (κ2) is 11.0. The van der Waals surface area contributed by atoms with E-state index < -0.39 is 0 Å². The maximum atomic E-state index is 13.6. The minimum atomic E-state index is -0.239. The number of hydrazone groups is 1. The van der Waals surface area contributed by atoms with Crippen molar-refractivity contribution in [3.8, 4) is 0 Å². The van der Waals surface area contributed by atoms with Gasteiger partial charge in [-0.2, -0.15) is 0 Å². The Balaban J connectivity index is 1.38. The number of likely N-dealkylation sites (tertiary alicyclic amines) is 1. The summed E-state index contributed by atoms with van der Waals surface area (Å²) >= 11 is 0. The molecule has 1 unspecified atom stereocenters. The van der Waals surface area contributed by atoms with E-state index in [1.165, 1.54) is 25.0 Å². The van der Waals surface area contributed by atoms with E-state index in [0.29, 0.717) is 11.9 Å². The molecule has 3 aliphatic heterocycles. The third kappa shape index (κ3) is 5.30. The highest BCUT2D eigenvalue weighted by Gasteiger charge is 2.33. The Hall–Kier alpha value is -3.70. The van der Waals surface area contributed by atoms with Gasteiger partial charge in [0.25, 0.3) is 0 Å². The van der Waals surface area contributed by atoms with E-state index in [0.717, 1.165) is 60.2 Å². The first kappa shape index (κ1) is 25.9. The van der Waals surface area contributed by atoms with Crippen LogP contribution in [0.2, 0.25) is 0 Å². The van der Waals surface area contributed by atoms with Crippen molar-refractivity contribution in [2.24, 2.45) is 21.7 Å². The average molecular weight is 521 g/mol. The summed E-state index contributed by atoms with van der Waals surface area (Å²) in [6.07, 6.45) is 6.01. The van der Waals surface area contributed by atoms with Crippen molar-refractivity contribution in [2.75, 3.05) is 31.1 Å². The number of anilines is 1. The molecule has 38 heavy (non-hydrogen) atoms. The minimum absolute atomic E-state index is 0.149. The predicted octanol–water partition coefficient (Wildman–Crippen LogP) is 1.93. The number of pyridine rings is 1. The van der Waals surface area contributed by atoms with E-state index >= 15 is 0 Å². The lowest BCUT2D eigenvalue weighted by Gasteiger charge is -2.43. The first-order valence-corrected chi connectivity index (χ1v) is 13.2. The highest BCUT2D eigenvalue weighted by atomic mass is 19.1. The lowest BCUT2D eigenvalue weighted by atomic mass is 10.1. The third-order valence-electron chi connectivity index (χ3n) is 7.64.